The summed E-state index contributed by atoms with van der Waals surface area (Å²) < 4.78 is 48.0. The molecule has 0 saturated heterocycles. The van der Waals surface area contributed by atoms with E-state index < -0.39 is 17.8 Å². The van der Waals surface area contributed by atoms with Crippen molar-refractivity contribution in [1.82, 2.24) is 0 Å². The molecule has 1 atom stereocenters. The van der Waals surface area contributed by atoms with E-state index in [2.05, 4.69) is 0 Å². The number of halogens is 3. The lowest BCUT2D eigenvalue weighted by Crippen LogP contribution is -2.20. The molecule has 0 fully saturated rings. The Morgan fingerprint density at radius 3 is 2.36 bits per heavy atom. The highest BCUT2D eigenvalue weighted by Crippen LogP contribution is 2.30. The van der Waals surface area contributed by atoms with Gasteiger partial charge in [-0.3, -0.25) is 0 Å². The fourth-order valence-electron chi connectivity index (χ4n) is 2.11. The van der Waals surface area contributed by atoms with E-state index in [9.17, 15) is 18.3 Å². The van der Waals surface area contributed by atoms with Crippen LogP contribution in [-0.2, 0) is 6.18 Å². The summed E-state index contributed by atoms with van der Waals surface area (Å²) in [5, 5.41) is 9.98. The lowest BCUT2D eigenvalue weighted by Gasteiger charge is -2.13. The molecule has 0 aromatic heterocycles. The average molecular weight is 372 g/mol. The van der Waals surface area contributed by atoms with Gasteiger partial charge < -0.3 is 14.6 Å². The van der Waals surface area contributed by atoms with Crippen molar-refractivity contribution in [3.05, 3.63) is 53.6 Å². The van der Waals surface area contributed by atoms with E-state index in [1.807, 2.05) is 25.1 Å². The predicted octanol–water partition coefficient (Wildman–Crippen LogP) is 4.55. The highest BCUT2D eigenvalue weighted by Gasteiger charge is 2.30. The zero-order valence-electron chi connectivity index (χ0n) is 13.8. The molecule has 1 unspecified atom stereocenters. The normalized spacial score (nSPS) is 12.7. The number of methoxy groups -OCH3 is 1. The van der Waals surface area contributed by atoms with Crippen molar-refractivity contribution in [1.29, 1.82) is 0 Å². The van der Waals surface area contributed by atoms with Gasteiger partial charge in [-0.2, -0.15) is 13.2 Å². The molecule has 0 aliphatic heterocycles. The Kier molecular flexibility index (Phi) is 6.61. The first kappa shape index (κ1) is 19.5. The van der Waals surface area contributed by atoms with Crippen LogP contribution in [0.15, 0.2) is 47.4 Å². The molecular weight excluding hydrogens is 353 g/mol. The monoisotopic (exact) mass is 372 g/mol. The molecule has 1 N–H and O–H groups in total. The van der Waals surface area contributed by atoms with E-state index in [-0.39, 0.29) is 12.4 Å². The third-order valence-electron chi connectivity index (χ3n) is 3.43. The Morgan fingerprint density at radius 2 is 1.80 bits per heavy atom. The summed E-state index contributed by atoms with van der Waals surface area (Å²) in [6.45, 7) is 1.94. The maximum Gasteiger partial charge on any atom is 0.416 e. The molecule has 25 heavy (non-hydrogen) atoms. The number of alkyl halides is 3. The van der Waals surface area contributed by atoms with E-state index in [1.165, 1.54) is 23.9 Å². The number of hydrogen-bond acceptors (Lipinski definition) is 4. The zero-order chi connectivity index (χ0) is 18.4. The van der Waals surface area contributed by atoms with Crippen molar-refractivity contribution in [2.45, 2.75) is 24.1 Å². The van der Waals surface area contributed by atoms with Crippen molar-refractivity contribution in [3.8, 4) is 11.5 Å². The Morgan fingerprint density at radius 1 is 1.12 bits per heavy atom. The number of ether oxygens (including phenoxy) is 2. The minimum absolute atomic E-state index is 0.00744. The Bertz CT molecular complexity index is 687. The second kappa shape index (κ2) is 8.49. The zero-order valence-corrected chi connectivity index (χ0v) is 14.7. The van der Waals surface area contributed by atoms with Gasteiger partial charge in [-0.05, 0) is 55.0 Å². The number of aryl methyl sites for hydroxylation is 1. The molecule has 0 bridgehead atoms. The van der Waals surface area contributed by atoms with Crippen LogP contribution in [0.1, 0.15) is 11.1 Å². The molecule has 0 aliphatic rings. The smallest absolute Gasteiger partial charge is 0.416 e. The molecule has 0 radical (unpaired) electrons. The van der Waals surface area contributed by atoms with E-state index in [4.69, 9.17) is 9.47 Å². The molecule has 0 spiro atoms. The highest BCUT2D eigenvalue weighted by atomic mass is 32.2. The maximum atomic E-state index is 12.5. The number of rotatable bonds is 7. The summed E-state index contributed by atoms with van der Waals surface area (Å²) in [7, 11) is 1.61. The second-order valence-electron chi connectivity index (χ2n) is 5.43. The van der Waals surface area contributed by atoms with Gasteiger partial charge in [-0.1, -0.05) is 0 Å². The van der Waals surface area contributed by atoms with Crippen LogP contribution in [0.25, 0.3) is 0 Å². The summed E-state index contributed by atoms with van der Waals surface area (Å²) in [6, 6.07) is 10.1. The van der Waals surface area contributed by atoms with Crippen LogP contribution < -0.4 is 9.47 Å². The van der Waals surface area contributed by atoms with Gasteiger partial charge in [0.1, 0.15) is 18.1 Å². The van der Waals surface area contributed by atoms with Crippen LogP contribution >= 0.6 is 11.8 Å². The highest BCUT2D eigenvalue weighted by molar-refractivity contribution is 7.99. The van der Waals surface area contributed by atoms with Gasteiger partial charge >= 0.3 is 6.18 Å². The van der Waals surface area contributed by atoms with Gasteiger partial charge in [0.05, 0.1) is 18.8 Å². The van der Waals surface area contributed by atoms with E-state index in [0.717, 1.165) is 28.3 Å². The van der Waals surface area contributed by atoms with Crippen LogP contribution in [0, 0.1) is 6.92 Å². The number of aliphatic hydroxyl groups excluding tert-OH is 1. The third-order valence-corrected chi connectivity index (χ3v) is 4.57. The molecule has 0 saturated carbocycles. The summed E-state index contributed by atoms with van der Waals surface area (Å²) in [5.41, 5.74) is 0.272. The van der Waals surface area contributed by atoms with Crippen molar-refractivity contribution >= 4 is 11.8 Å². The van der Waals surface area contributed by atoms with Gasteiger partial charge in [0.15, 0.2) is 0 Å². The molecular formula is C18H19F3O3S. The van der Waals surface area contributed by atoms with Crippen LogP contribution in [0.2, 0.25) is 0 Å². The third kappa shape index (κ3) is 5.86. The van der Waals surface area contributed by atoms with Gasteiger partial charge in [0, 0.05) is 10.6 Å². The minimum atomic E-state index is -4.37. The van der Waals surface area contributed by atoms with E-state index >= 15 is 0 Å². The maximum absolute atomic E-state index is 12.5. The largest absolute Gasteiger partial charge is 0.496 e. The van der Waals surface area contributed by atoms with Gasteiger partial charge in [-0.25, -0.2) is 0 Å². The molecule has 7 heteroatoms. The quantitative estimate of drug-likeness (QED) is 0.724. The fourth-order valence-corrected chi connectivity index (χ4v) is 3.02. The first-order chi connectivity index (χ1) is 11.8. The molecule has 2 rings (SSSR count). The van der Waals surface area contributed by atoms with Crippen molar-refractivity contribution < 1.29 is 27.8 Å². The van der Waals surface area contributed by atoms with Gasteiger partial charge in [-0.15, -0.1) is 11.8 Å². The van der Waals surface area contributed by atoms with Crippen molar-refractivity contribution in [2.24, 2.45) is 0 Å². The van der Waals surface area contributed by atoms with Crippen LogP contribution in [-0.4, -0.2) is 30.7 Å². The Hall–Kier alpha value is -1.86. The van der Waals surface area contributed by atoms with Gasteiger partial charge in [0.2, 0.25) is 0 Å². The molecule has 2 aromatic rings. The number of thioether (sulfide) groups is 1. The van der Waals surface area contributed by atoms with Gasteiger partial charge in [0.25, 0.3) is 0 Å². The molecule has 2 aromatic carbocycles. The van der Waals surface area contributed by atoms with Crippen LogP contribution in [0.4, 0.5) is 13.2 Å². The Labute approximate surface area is 148 Å². The molecule has 136 valence electrons. The first-order valence-electron chi connectivity index (χ1n) is 7.55. The molecule has 0 heterocycles. The van der Waals surface area contributed by atoms with Crippen LogP contribution in [0.5, 0.6) is 11.5 Å². The second-order valence-corrected chi connectivity index (χ2v) is 6.52. The summed E-state index contributed by atoms with van der Waals surface area (Å²) in [6.07, 6.45) is -5.11. The predicted molar refractivity (Wildman–Crippen MR) is 91.4 cm³/mol. The average Bonchev–Trinajstić information content (AvgIpc) is 2.58. The molecule has 0 amide bonds. The standard InChI is InChI=1S/C18H19F3O3S/c1-12-9-16(7-8-17(12)23-2)25-11-14(22)10-24-15-5-3-13(4-6-15)18(19,20)21/h3-9,14,22H,10-11H2,1-2H3. The lowest BCUT2D eigenvalue weighted by molar-refractivity contribution is -0.137. The van der Waals surface area contributed by atoms with E-state index in [1.54, 1.807) is 7.11 Å². The number of aliphatic hydroxyl groups is 1. The first-order valence-corrected chi connectivity index (χ1v) is 8.53. The Balaban J connectivity index is 1.80. The molecule has 0 aliphatic carbocycles. The summed E-state index contributed by atoms with van der Waals surface area (Å²) in [4.78, 5) is 0.992. The topological polar surface area (TPSA) is 38.7 Å². The number of hydrogen-bond donors (Lipinski definition) is 1. The van der Waals surface area contributed by atoms with E-state index in [0.29, 0.717) is 5.75 Å². The summed E-state index contributed by atoms with van der Waals surface area (Å²) in [5.74, 6) is 1.50. The van der Waals surface area contributed by atoms with Crippen molar-refractivity contribution in [3.63, 3.8) is 0 Å². The number of benzene rings is 2. The lowest BCUT2D eigenvalue weighted by atomic mass is 10.2. The van der Waals surface area contributed by atoms with Crippen molar-refractivity contribution in [2.75, 3.05) is 19.5 Å². The molecule has 3 nitrogen and oxygen atoms in total. The van der Waals surface area contributed by atoms with Crippen LogP contribution in [0.3, 0.4) is 0 Å². The minimum Gasteiger partial charge on any atom is -0.496 e. The fraction of sp³-hybridized carbons (Fsp3) is 0.333. The SMILES string of the molecule is COc1ccc(SCC(O)COc2ccc(C(F)(F)F)cc2)cc1C. The summed E-state index contributed by atoms with van der Waals surface area (Å²) >= 11 is 1.47.